The van der Waals surface area contributed by atoms with E-state index in [1.165, 1.54) is 18.2 Å². The molecule has 180 valence electrons. The van der Waals surface area contributed by atoms with E-state index in [4.69, 9.17) is 4.84 Å². The van der Waals surface area contributed by atoms with Crippen LogP contribution in [0.2, 0.25) is 0 Å². The highest BCUT2D eigenvalue weighted by Gasteiger charge is 2.40. The van der Waals surface area contributed by atoms with Crippen molar-refractivity contribution < 1.29 is 18.4 Å². The van der Waals surface area contributed by atoms with E-state index in [0.29, 0.717) is 30.1 Å². The molecule has 4 atom stereocenters. The van der Waals surface area contributed by atoms with Gasteiger partial charge < -0.3 is 9.74 Å². The average Bonchev–Trinajstić information content (AvgIpc) is 3.08. The van der Waals surface area contributed by atoms with E-state index in [2.05, 4.69) is 25.0 Å². The minimum absolute atomic E-state index is 0.0743. The largest absolute Gasteiger partial charge is 0.412 e. The van der Waals surface area contributed by atoms with Crippen LogP contribution in [-0.2, 0) is 9.63 Å². The molecule has 2 heterocycles. The van der Waals surface area contributed by atoms with Crippen molar-refractivity contribution in [1.82, 2.24) is 10.4 Å². The van der Waals surface area contributed by atoms with Crippen molar-refractivity contribution in [3.63, 3.8) is 0 Å². The Hall–Kier alpha value is -1.60. The Labute approximate surface area is 197 Å². The number of nitrogens with zero attached hydrogens (tertiary/aromatic N) is 1. The summed E-state index contributed by atoms with van der Waals surface area (Å²) in [6.07, 6.45) is 11.1. The van der Waals surface area contributed by atoms with Crippen LogP contribution in [0.25, 0.3) is 0 Å². The number of thiol groups is 1. The van der Waals surface area contributed by atoms with E-state index in [-0.39, 0.29) is 18.4 Å². The molecule has 7 heteroatoms. The molecule has 1 saturated heterocycles. The predicted molar refractivity (Wildman–Crippen MR) is 130 cm³/mol. The summed E-state index contributed by atoms with van der Waals surface area (Å²) >= 11 is 3.53. The quantitative estimate of drug-likeness (QED) is 0.511. The lowest BCUT2D eigenvalue weighted by Crippen LogP contribution is -2.38. The first-order valence-corrected chi connectivity index (χ1v) is 12.7. The fourth-order valence-corrected chi connectivity index (χ4v) is 4.66. The molecule has 0 aromatic carbocycles. The number of rotatable bonds is 3. The molecule has 0 radical (unpaired) electrons. The van der Waals surface area contributed by atoms with Crippen LogP contribution in [0.1, 0.15) is 59.3 Å². The van der Waals surface area contributed by atoms with Crippen LogP contribution in [0.5, 0.6) is 0 Å². The minimum Gasteiger partial charge on any atom is -0.412 e. The van der Waals surface area contributed by atoms with Crippen molar-refractivity contribution in [1.29, 1.82) is 0 Å². The number of hydroxylamine groups is 1. The Morgan fingerprint density at radius 2 is 2.03 bits per heavy atom. The summed E-state index contributed by atoms with van der Waals surface area (Å²) in [6.45, 7) is 7.78. The molecule has 0 bridgehead atoms. The van der Waals surface area contributed by atoms with E-state index in [9.17, 15) is 13.6 Å². The lowest BCUT2D eigenvalue weighted by molar-refractivity contribution is -0.131. The first-order valence-electron chi connectivity index (χ1n) is 11.8. The molecule has 1 fully saturated rings. The maximum Gasteiger partial charge on any atom is 0.224 e. The van der Waals surface area contributed by atoms with E-state index >= 15 is 0 Å². The van der Waals surface area contributed by atoms with E-state index in [1.807, 2.05) is 24.8 Å². The summed E-state index contributed by atoms with van der Waals surface area (Å²) in [6, 6.07) is -0.361. The van der Waals surface area contributed by atoms with Gasteiger partial charge in [-0.05, 0) is 55.6 Å². The first-order chi connectivity index (χ1) is 15.5. The van der Waals surface area contributed by atoms with Gasteiger partial charge in [0.2, 0.25) is 5.91 Å². The second-order valence-corrected chi connectivity index (χ2v) is 8.29. The van der Waals surface area contributed by atoms with Crippen molar-refractivity contribution >= 4 is 18.5 Å². The molecule has 1 N–H and O–H groups in total. The van der Waals surface area contributed by atoms with Crippen LogP contribution < -0.4 is 5.48 Å². The summed E-state index contributed by atoms with van der Waals surface area (Å²) in [5.41, 5.74) is 4.34. The summed E-state index contributed by atoms with van der Waals surface area (Å²) in [5.74, 6) is 0.00650. The Kier molecular flexibility index (Phi) is 11.0. The SMILES string of the molecule is CC.CC1CCCN(C(=O)CC2NOC3=C2C(C2C(F)=CC=CC2F)=CCC3)CC1.CS. The molecule has 0 aromatic heterocycles. The maximum absolute atomic E-state index is 14.5. The fraction of sp³-hybridized carbons (Fsp3) is 0.640. The molecule has 32 heavy (non-hydrogen) atoms. The van der Waals surface area contributed by atoms with Gasteiger partial charge in [0.05, 0.1) is 12.0 Å². The number of carbonyl (C=O) groups excluding carboxylic acids is 1. The van der Waals surface area contributed by atoms with Gasteiger partial charge in [-0.1, -0.05) is 32.9 Å². The zero-order chi connectivity index (χ0) is 23.7. The van der Waals surface area contributed by atoms with Gasteiger partial charge in [0.15, 0.2) is 0 Å². The van der Waals surface area contributed by atoms with Crippen molar-refractivity contribution in [2.75, 3.05) is 19.3 Å². The van der Waals surface area contributed by atoms with Crippen LogP contribution in [-0.4, -0.2) is 42.4 Å². The van der Waals surface area contributed by atoms with E-state index < -0.39 is 17.9 Å². The van der Waals surface area contributed by atoms with Crippen LogP contribution in [0.4, 0.5) is 8.78 Å². The van der Waals surface area contributed by atoms with Crippen LogP contribution in [0, 0.1) is 11.8 Å². The Morgan fingerprint density at radius 1 is 1.28 bits per heavy atom. The third-order valence-corrected chi connectivity index (χ3v) is 6.27. The molecule has 4 aliphatic rings. The number of likely N-dealkylation sites (tertiary alicyclic amines) is 1. The molecule has 0 spiro atoms. The zero-order valence-corrected chi connectivity index (χ0v) is 20.6. The molecule has 4 nitrogen and oxygen atoms in total. The summed E-state index contributed by atoms with van der Waals surface area (Å²) in [7, 11) is 0. The van der Waals surface area contributed by atoms with Crippen molar-refractivity contribution in [3.8, 4) is 0 Å². The van der Waals surface area contributed by atoms with Crippen LogP contribution in [0.15, 0.2) is 47.0 Å². The third kappa shape index (κ3) is 6.25. The number of allylic oxidation sites excluding steroid dienone is 6. The molecule has 2 aliphatic heterocycles. The Bertz CT molecular complexity index is 763. The third-order valence-electron chi connectivity index (χ3n) is 6.27. The zero-order valence-electron chi connectivity index (χ0n) is 19.7. The number of halogens is 2. The lowest BCUT2D eigenvalue weighted by Gasteiger charge is -2.28. The topological polar surface area (TPSA) is 41.6 Å². The second kappa shape index (κ2) is 13.2. The fourth-order valence-electron chi connectivity index (χ4n) is 4.66. The number of hydrogen-bond acceptors (Lipinski definition) is 4. The van der Waals surface area contributed by atoms with Gasteiger partial charge in [-0.3, -0.25) is 4.79 Å². The lowest BCUT2D eigenvalue weighted by atomic mass is 9.79. The summed E-state index contributed by atoms with van der Waals surface area (Å²) < 4.78 is 29.0. The van der Waals surface area contributed by atoms with Crippen LogP contribution in [0.3, 0.4) is 0 Å². The Morgan fingerprint density at radius 3 is 2.75 bits per heavy atom. The summed E-state index contributed by atoms with van der Waals surface area (Å²) in [5, 5.41) is 0. The number of amides is 1. The van der Waals surface area contributed by atoms with Crippen LogP contribution >= 0.6 is 12.6 Å². The second-order valence-electron chi connectivity index (χ2n) is 8.29. The highest BCUT2D eigenvalue weighted by molar-refractivity contribution is 7.79. The minimum atomic E-state index is -1.41. The standard InChI is InChI=1S/C22H28F2N2O2.C2H6.CH4S/c1-14-5-4-11-26(12-10-14)20(27)13-18-22-15(6-2-9-19(22)28-25-18)21-16(23)7-3-8-17(21)24;2*1-2/h3,6-8,14,16,18,21,25H,2,4-5,9-13H2,1H3;1-2H3;2H,1H3. The molecule has 2 aliphatic carbocycles. The van der Waals surface area contributed by atoms with E-state index in [1.54, 1.807) is 6.26 Å². The highest BCUT2D eigenvalue weighted by atomic mass is 32.1. The summed E-state index contributed by atoms with van der Waals surface area (Å²) in [4.78, 5) is 20.5. The number of nitrogens with one attached hydrogen (secondary N) is 1. The van der Waals surface area contributed by atoms with Gasteiger partial charge in [-0.2, -0.15) is 12.6 Å². The van der Waals surface area contributed by atoms with Gasteiger partial charge >= 0.3 is 0 Å². The number of alkyl halides is 1. The van der Waals surface area contributed by atoms with Gasteiger partial charge in [0.1, 0.15) is 17.8 Å². The highest BCUT2D eigenvalue weighted by Crippen LogP contribution is 2.43. The number of carbonyl (C=O) groups is 1. The van der Waals surface area contributed by atoms with Crippen molar-refractivity contribution in [2.45, 2.75) is 71.5 Å². The van der Waals surface area contributed by atoms with Gasteiger partial charge in [0.25, 0.3) is 0 Å². The normalized spacial score (nSPS) is 29.3. The first kappa shape index (κ1) is 26.7. The monoisotopic (exact) mass is 468 g/mol. The van der Waals surface area contributed by atoms with Crippen molar-refractivity contribution in [2.24, 2.45) is 11.8 Å². The molecule has 4 unspecified atom stereocenters. The van der Waals surface area contributed by atoms with E-state index in [0.717, 1.165) is 37.9 Å². The average molecular weight is 469 g/mol. The van der Waals surface area contributed by atoms with Gasteiger partial charge in [-0.25, -0.2) is 8.78 Å². The molecule has 0 aromatic rings. The molecule has 4 rings (SSSR count). The molecular formula is C25H38F2N2O2S. The predicted octanol–water partition coefficient (Wildman–Crippen LogP) is 5.85. The number of hydrogen-bond donors (Lipinski definition) is 2. The smallest absolute Gasteiger partial charge is 0.224 e. The molecular weight excluding hydrogens is 430 g/mol. The molecule has 0 saturated carbocycles. The molecule has 1 amide bonds. The van der Waals surface area contributed by atoms with Gasteiger partial charge in [-0.15, -0.1) is 5.48 Å². The maximum atomic E-state index is 14.5. The van der Waals surface area contributed by atoms with Gasteiger partial charge in [0, 0.05) is 31.5 Å². The Balaban J connectivity index is 0.000000860. The van der Waals surface area contributed by atoms with Crippen molar-refractivity contribution in [3.05, 3.63) is 47.0 Å².